The van der Waals surface area contributed by atoms with Crippen molar-refractivity contribution in [2.45, 2.75) is 43.5 Å². The van der Waals surface area contributed by atoms with Crippen LogP contribution in [-0.4, -0.2) is 49.2 Å². The highest BCUT2D eigenvalue weighted by molar-refractivity contribution is 9.10. The second-order valence-corrected chi connectivity index (χ2v) is 9.08. The zero-order chi connectivity index (χ0) is 16.6. The Morgan fingerprint density at radius 2 is 2.00 bits per heavy atom. The lowest BCUT2D eigenvalue weighted by atomic mass is 10.1. The maximum Gasteiger partial charge on any atom is 0.243 e. The molecule has 0 N–H and O–H groups in total. The van der Waals surface area contributed by atoms with E-state index in [4.69, 9.17) is 0 Å². The van der Waals surface area contributed by atoms with E-state index in [0.29, 0.717) is 24.4 Å². The summed E-state index contributed by atoms with van der Waals surface area (Å²) in [6.07, 6.45) is 3.15. The molecular formula is C16H21BrN2O3S. The third kappa shape index (κ3) is 3.32. The predicted octanol–water partition coefficient (Wildman–Crippen LogP) is 2.53. The summed E-state index contributed by atoms with van der Waals surface area (Å²) < 4.78 is 28.3. The molecule has 23 heavy (non-hydrogen) atoms. The van der Waals surface area contributed by atoms with E-state index >= 15 is 0 Å². The van der Waals surface area contributed by atoms with Crippen LogP contribution in [0.3, 0.4) is 0 Å². The zero-order valence-corrected chi connectivity index (χ0v) is 15.6. The minimum Gasteiger partial charge on any atom is -0.338 e. The van der Waals surface area contributed by atoms with Gasteiger partial charge in [-0.15, -0.1) is 0 Å². The van der Waals surface area contributed by atoms with Crippen LogP contribution in [0.4, 0.5) is 0 Å². The molecule has 2 heterocycles. The molecule has 5 nitrogen and oxygen atoms in total. The zero-order valence-electron chi connectivity index (χ0n) is 13.2. The van der Waals surface area contributed by atoms with Crippen molar-refractivity contribution < 1.29 is 13.2 Å². The molecule has 0 bridgehead atoms. The number of carbonyl (C=O) groups excluding carboxylic acids is 1. The number of carbonyl (C=O) groups is 1. The van der Waals surface area contributed by atoms with Gasteiger partial charge in [0.1, 0.15) is 0 Å². The Hall–Kier alpha value is -0.920. The topological polar surface area (TPSA) is 57.7 Å². The summed E-state index contributed by atoms with van der Waals surface area (Å²) in [4.78, 5) is 14.2. The molecule has 3 rings (SSSR count). The molecule has 1 amide bonds. The van der Waals surface area contributed by atoms with Crippen molar-refractivity contribution in [2.75, 3.05) is 19.6 Å². The highest BCUT2D eigenvalue weighted by Gasteiger charge is 2.36. The second-order valence-electron chi connectivity index (χ2n) is 6.26. The van der Waals surface area contributed by atoms with Crippen LogP contribution < -0.4 is 0 Å². The third-order valence-corrected chi connectivity index (χ3v) is 7.18. The first-order valence-corrected chi connectivity index (χ1v) is 10.2. The van der Waals surface area contributed by atoms with Gasteiger partial charge in [0, 0.05) is 36.6 Å². The summed E-state index contributed by atoms with van der Waals surface area (Å²) >= 11 is 3.35. The third-order valence-electron chi connectivity index (χ3n) is 4.68. The van der Waals surface area contributed by atoms with Gasteiger partial charge >= 0.3 is 0 Å². The first-order valence-electron chi connectivity index (χ1n) is 7.95. The Labute approximate surface area is 145 Å². The molecular weight excluding hydrogens is 380 g/mol. The fourth-order valence-electron chi connectivity index (χ4n) is 3.44. The molecule has 1 aromatic rings. The van der Waals surface area contributed by atoms with Crippen LogP contribution >= 0.6 is 15.9 Å². The highest BCUT2D eigenvalue weighted by Crippen LogP contribution is 2.28. The van der Waals surface area contributed by atoms with Gasteiger partial charge in [-0.1, -0.05) is 22.0 Å². The number of rotatable bonds is 3. The van der Waals surface area contributed by atoms with Crippen LogP contribution in [0, 0.1) is 6.92 Å². The lowest BCUT2D eigenvalue weighted by molar-refractivity contribution is -0.130. The largest absolute Gasteiger partial charge is 0.338 e. The lowest BCUT2D eigenvalue weighted by Gasteiger charge is -2.37. The Kier molecular flexibility index (Phi) is 4.80. The van der Waals surface area contributed by atoms with Gasteiger partial charge in [-0.25, -0.2) is 8.42 Å². The van der Waals surface area contributed by atoms with Crippen LogP contribution in [0.15, 0.2) is 27.6 Å². The molecule has 0 aliphatic carbocycles. The van der Waals surface area contributed by atoms with E-state index < -0.39 is 10.0 Å². The Morgan fingerprint density at radius 1 is 1.22 bits per heavy atom. The smallest absolute Gasteiger partial charge is 0.243 e. The summed E-state index contributed by atoms with van der Waals surface area (Å²) in [5, 5.41) is 0. The maximum atomic E-state index is 13.0. The molecule has 0 spiro atoms. The predicted molar refractivity (Wildman–Crippen MR) is 91.6 cm³/mol. The van der Waals surface area contributed by atoms with E-state index in [0.717, 1.165) is 35.8 Å². The van der Waals surface area contributed by atoms with Gasteiger partial charge in [0.25, 0.3) is 0 Å². The fourth-order valence-corrected chi connectivity index (χ4v) is 5.72. The number of hydrogen-bond donors (Lipinski definition) is 0. The molecule has 126 valence electrons. The Morgan fingerprint density at radius 3 is 2.70 bits per heavy atom. The second kappa shape index (κ2) is 6.53. The quantitative estimate of drug-likeness (QED) is 0.782. The summed E-state index contributed by atoms with van der Waals surface area (Å²) in [6, 6.07) is 5.33. The number of piperidine rings is 1. The minimum absolute atomic E-state index is 0.0148. The van der Waals surface area contributed by atoms with Crippen molar-refractivity contribution in [3.63, 3.8) is 0 Å². The minimum atomic E-state index is -3.53. The summed E-state index contributed by atoms with van der Waals surface area (Å²) in [5.74, 6) is 0.160. The number of likely N-dealkylation sites (tertiary alicyclic amines) is 1. The first kappa shape index (κ1) is 16.9. The van der Waals surface area contributed by atoms with E-state index in [1.165, 1.54) is 0 Å². The van der Waals surface area contributed by atoms with Crippen LogP contribution in [0.2, 0.25) is 0 Å². The van der Waals surface area contributed by atoms with E-state index in [9.17, 15) is 13.2 Å². The molecule has 7 heteroatoms. The SMILES string of the molecule is Cc1ccc(Br)cc1S(=O)(=O)N1CCCC(N2CCCC2=O)C1. The molecule has 0 aromatic heterocycles. The van der Waals surface area contributed by atoms with E-state index in [2.05, 4.69) is 15.9 Å². The molecule has 0 saturated carbocycles. The van der Waals surface area contributed by atoms with Crippen molar-refractivity contribution in [2.24, 2.45) is 0 Å². The maximum absolute atomic E-state index is 13.0. The normalized spacial score (nSPS) is 23.5. The van der Waals surface area contributed by atoms with Gasteiger partial charge in [-0.05, 0) is 43.9 Å². The van der Waals surface area contributed by atoms with Gasteiger partial charge < -0.3 is 4.90 Å². The number of nitrogens with zero attached hydrogens (tertiary/aromatic N) is 2. The molecule has 0 radical (unpaired) electrons. The standard InChI is InChI=1S/C16H21BrN2O3S/c1-12-6-7-13(17)10-15(12)23(21,22)18-8-2-4-14(11-18)19-9-3-5-16(19)20/h6-7,10,14H,2-5,8-9,11H2,1H3. The molecule has 2 fully saturated rings. The summed E-state index contributed by atoms with van der Waals surface area (Å²) in [6.45, 7) is 3.49. The van der Waals surface area contributed by atoms with Crippen molar-refractivity contribution in [3.05, 3.63) is 28.2 Å². The molecule has 1 unspecified atom stereocenters. The summed E-state index contributed by atoms with van der Waals surface area (Å²) in [5.41, 5.74) is 0.743. The fraction of sp³-hybridized carbons (Fsp3) is 0.562. The molecule has 1 aromatic carbocycles. The summed E-state index contributed by atoms with van der Waals surface area (Å²) in [7, 11) is -3.53. The molecule has 1 atom stereocenters. The van der Waals surface area contributed by atoms with Gasteiger partial charge in [0.05, 0.1) is 4.90 Å². The number of halogens is 1. The van der Waals surface area contributed by atoms with Gasteiger partial charge in [-0.3, -0.25) is 4.79 Å². The number of sulfonamides is 1. The van der Waals surface area contributed by atoms with Gasteiger partial charge in [0.2, 0.25) is 15.9 Å². The average Bonchev–Trinajstić information content (AvgIpc) is 2.96. The number of aryl methyl sites for hydroxylation is 1. The van der Waals surface area contributed by atoms with E-state index in [-0.39, 0.29) is 11.9 Å². The van der Waals surface area contributed by atoms with Gasteiger partial charge in [0.15, 0.2) is 0 Å². The monoisotopic (exact) mass is 400 g/mol. The number of benzene rings is 1. The van der Waals surface area contributed by atoms with Crippen LogP contribution in [0.1, 0.15) is 31.2 Å². The molecule has 2 aliphatic heterocycles. The Balaban J connectivity index is 1.85. The van der Waals surface area contributed by atoms with Crippen molar-refractivity contribution in [3.8, 4) is 0 Å². The van der Waals surface area contributed by atoms with Crippen molar-refractivity contribution in [1.82, 2.24) is 9.21 Å². The first-order chi connectivity index (χ1) is 10.9. The van der Waals surface area contributed by atoms with E-state index in [1.54, 1.807) is 10.4 Å². The van der Waals surface area contributed by atoms with E-state index in [1.807, 2.05) is 24.0 Å². The molecule has 2 saturated heterocycles. The van der Waals surface area contributed by atoms with Gasteiger partial charge in [-0.2, -0.15) is 4.31 Å². The van der Waals surface area contributed by atoms with Crippen LogP contribution in [-0.2, 0) is 14.8 Å². The highest BCUT2D eigenvalue weighted by atomic mass is 79.9. The van der Waals surface area contributed by atoms with Crippen molar-refractivity contribution >= 4 is 31.9 Å². The van der Waals surface area contributed by atoms with Crippen LogP contribution in [0.25, 0.3) is 0 Å². The van der Waals surface area contributed by atoms with Crippen molar-refractivity contribution in [1.29, 1.82) is 0 Å². The lowest BCUT2D eigenvalue weighted by Crippen LogP contribution is -2.50. The number of hydrogen-bond acceptors (Lipinski definition) is 3. The molecule has 2 aliphatic rings. The number of amides is 1. The average molecular weight is 401 g/mol. The van der Waals surface area contributed by atoms with Crippen LogP contribution in [0.5, 0.6) is 0 Å². The Bertz CT molecular complexity index is 720.